The van der Waals surface area contributed by atoms with Gasteiger partial charge in [-0.15, -0.1) is 0 Å². The molecule has 2 aliphatic rings. The number of alkyl halides is 3. The minimum atomic E-state index is -5.08. The molecule has 12 nitrogen and oxygen atoms in total. The van der Waals surface area contributed by atoms with E-state index in [9.17, 15) is 39.6 Å². The number of benzene rings is 3. The number of aromatic nitrogens is 1. The molecule has 0 aliphatic carbocycles. The highest BCUT2D eigenvalue weighted by atomic mass is 35.5. The maximum absolute atomic E-state index is 15.1. The van der Waals surface area contributed by atoms with Crippen molar-refractivity contribution in [3.8, 4) is 0 Å². The Morgan fingerprint density at radius 1 is 0.796 bits per heavy atom. The molecule has 20 heteroatoms. The van der Waals surface area contributed by atoms with Gasteiger partial charge in [0.15, 0.2) is 0 Å². The molecule has 1 saturated heterocycles. The number of carboxylic acids is 1. The predicted octanol–water partition coefficient (Wildman–Crippen LogP) is 5.57. The van der Waals surface area contributed by atoms with E-state index in [-0.39, 0.29) is 43.3 Å². The van der Waals surface area contributed by atoms with Gasteiger partial charge in [0.05, 0.1) is 17.8 Å². The van der Waals surface area contributed by atoms with Crippen molar-refractivity contribution in [2.75, 3.05) is 36.2 Å². The SMILES string of the molecule is CCS(=O)(=O)N1CCN(C(=O)c2ccc3n(c2=O)[C@@H](c2ccc(Cl)cc2)[C@@H](c2ccc(Cl)cc2)N3S(=O)(=O)c2ccccc2F)CC1.O=C(O)C(F)(F)F. The number of rotatable bonds is 7. The molecule has 3 aromatic carbocycles. The van der Waals surface area contributed by atoms with Crippen molar-refractivity contribution in [2.45, 2.75) is 30.1 Å². The number of carboxylic acid groups (broad SMARTS) is 1. The fraction of sp³-hybridized carbons (Fsp3) is 0.265. The topological polar surface area (TPSA) is 154 Å². The van der Waals surface area contributed by atoms with Crippen molar-refractivity contribution in [2.24, 2.45) is 0 Å². The van der Waals surface area contributed by atoms with Crippen LogP contribution in [0.5, 0.6) is 0 Å². The monoisotopic (exact) mass is 832 g/mol. The van der Waals surface area contributed by atoms with E-state index >= 15 is 4.39 Å². The molecule has 4 aromatic rings. The molecular formula is C34H30Cl2F4N4O8S2. The highest BCUT2D eigenvalue weighted by Gasteiger charge is 2.48. The summed E-state index contributed by atoms with van der Waals surface area (Å²) in [6, 6.07) is 18.4. The van der Waals surface area contributed by atoms with Gasteiger partial charge < -0.3 is 10.0 Å². The number of fused-ring (bicyclic) bond motifs is 1. The number of hydrogen-bond donors (Lipinski definition) is 1. The molecule has 0 spiro atoms. The van der Waals surface area contributed by atoms with Crippen molar-refractivity contribution in [3.63, 3.8) is 0 Å². The number of hydrogen-bond acceptors (Lipinski definition) is 7. The van der Waals surface area contributed by atoms with Crippen molar-refractivity contribution in [1.82, 2.24) is 13.8 Å². The third-order valence-corrected chi connectivity index (χ3v) is 12.9. The van der Waals surface area contributed by atoms with Crippen molar-refractivity contribution < 1.29 is 49.1 Å². The summed E-state index contributed by atoms with van der Waals surface area (Å²) in [4.78, 5) is 38.0. The van der Waals surface area contributed by atoms with Crippen LogP contribution in [-0.2, 0) is 24.8 Å². The second-order valence-electron chi connectivity index (χ2n) is 11.9. The summed E-state index contributed by atoms with van der Waals surface area (Å²) in [6.07, 6.45) is -5.08. The minimum absolute atomic E-state index is 0.0692. The van der Waals surface area contributed by atoms with Gasteiger partial charge in [-0.2, -0.15) is 17.5 Å². The van der Waals surface area contributed by atoms with Crippen molar-refractivity contribution in [1.29, 1.82) is 0 Å². The second-order valence-corrected chi connectivity index (χ2v) is 16.8. The van der Waals surface area contributed by atoms with E-state index in [2.05, 4.69) is 0 Å². The van der Waals surface area contributed by atoms with Crippen LogP contribution in [0, 0.1) is 5.82 Å². The fourth-order valence-corrected chi connectivity index (χ4v) is 9.14. The third kappa shape index (κ3) is 8.12. The van der Waals surface area contributed by atoms with Crippen LogP contribution < -0.4 is 9.86 Å². The molecular weight excluding hydrogens is 803 g/mol. The van der Waals surface area contributed by atoms with Gasteiger partial charge in [0.25, 0.3) is 21.5 Å². The van der Waals surface area contributed by atoms with Crippen LogP contribution in [0.4, 0.5) is 23.4 Å². The maximum atomic E-state index is 15.1. The first-order valence-electron chi connectivity index (χ1n) is 15.9. The Morgan fingerprint density at radius 3 is 1.78 bits per heavy atom. The van der Waals surface area contributed by atoms with Gasteiger partial charge in [-0.25, -0.2) is 30.3 Å². The van der Waals surface area contributed by atoms with Crippen molar-refractivity contribution in [3.05, 3.63) is 128 Å². The first-order valence-corrected chi connectivity index (χ1v) is 19.7. The summed E-state index contributed by atoms with van der Waals surface area (Å²) in [5.41, 5.74) is -0.0221. The number of carbonyl (C=O) groups is 2. The number of nitrogens with zero attached hydrogens (tertiary/aromatic N) is 4. The smallest absolute Gasteiger partial charge is 0.475 e. The number of pyridine rings is 1. The lowest BCUT2D eigenvalue weighted by molar-refractivity contribution is -0.192. The highest BCUT2D eigenvalue weighted by Crippen LogP contribution is 2.49. The largest absolute Gasteiger partial charge is 0.490 e. The van der Waals surface area contributed by atoms with E-state index in [1.165, 1.54) is 38.0 Å². The Bertz CT molecular complexity index is 2340. The van der Waals surface area contributed by atoms with Gasteiger partial charge in [0, 0.05) is 36.2 Å². The third-order valence-electron chi connectivity index (χ3n) is 8.70. The zero-order valence-electron chi connectivity index (χ0n) is 28.0. The lowest BCUT2D eigenvalue weighted by Gasteiger charge is -2.33. The van der Waals surface area contributed by atoms with Gasteiger partial charge >= 0.3 is 12.1 Å². The first kappa shape index (κ1) is 40.7. The van der Waals surface area contributed by atoms with Gasteiger partial charge in [-0.05, 0) is 66.6 Å². The molecule has 6 rings (SSSR count). The van der Waals surface area contributed by atoms with Gasteiger partial charge in [0.2, 0.25) is 10.0 Å². The van der Waals surface area contributed by atoms with Crippen LogP contribution in [0.3, 0.4) is 0 Å². The summed E-state index contributed by atoms with van der Waals surface area (Å²) < 4.78 is 104. The number of sulfonamides is 2. The molecule has 0 radical (unpaired) electrons. The van der Waals surface area contributed by atoms with Crippen LogP contribution >= 0.6 is 23.2 Å². The number of piperazine rings is 1. The Morgan fingerprint density at radius 2 is 1.30 bits per heavy atom. The predicted molar refractivity (Wildman–Crippen MR) is 191 cm³/mol. The number of aliphatic carboxylic acids is 1. The summed E-state index contributed by atoms with van der Waals surface area (Å²) >= 11 is 12.4. The Balaban J connectivity index is 0.000000730. The molecule has 1 fully saturated rings. The van der Waals surface area contributed by atoms with Crippen LogP contribution in [-0.4, -0.2) is 85.7 Å². The molecule has 288 valence electrons. The first-order chi connectivity index (χ1) is 25.3. The molecule has 1 aromatic heterocycles. The summed E-state index contributed by atoms with van der Waals surface area (Å²) in [5, 5.41) is 7.93. The van der Waals surface area contributed by atoms with E-state index in [0.29, 0.717) is 21.2 Å². The molecule has 54 heavy (non-hydrogen) atoms. The average molecular weight is 834 g/mol. The van der Waals surface area contributed by atoms with E-state index in [4.69, 9.17) is 33.1 Å². The summed E-state index contributed by atoms with van der Waals surface area (Å²) in [7, 11) is -8.10. The van der Waals surface area contributed by atoms with E-state index in [1.807, 2.05) is 0 Å². The Labute approximate surface area is 316 Å². The van der Waals surface area contributed by atoms with Gasteiger partial charge in [0.1, 0.15) is 22.1 Å². The van der Waals surface area contributed by atoms with Crippen LogP contribution in [0.25, 0.3) is 0 Å². The quantitative estimate of drug-likeness (QED) is 0.237. The minimum Gasteiger partial charge on any atom is -0.475 e. The van der Waals surface area contributed by atoms with Crippen LogP contribution in [0.1, 0.15) is 40.5 Å². The maximum Gasteiger partial charge on any atom is 0.490 e. The molecule has 2 atom stereocenters. The number of amides is 1. The fourth-order valence-electron chi connectivity index (χ4n) is 6.09. The molecule has 0 saturated carbocycles. The zero-order chi connectivity index (χ0) is 39.7. The molecule has 1 N–H and O–H groups in total. The molecule has 0 bridgehead atoms. The number of halogens is 6. The standard InChI is InChI=1S/C32H29Cl2FN4O6S2.C2HF3O2/c1-2-46(42,43)37-19-17-36(18-20-37)31(40)25-15-16-28-38(32(25)41)29(21-7-11-23(33)12-8-21)30(22-9-13-24(34)14-10-22)39(28)47(44,45)27-6-4-3-5-26(27)35;3-2(4,5)1(6)7/h3-16,29-30H,2,17-20H2,1H3;(H,6,7)/t29-,30+;/m0./s1. The molecule has 2 aliphatic heterocycles. The molecule has 0 unspecified atom stereocenters. The van der Waals surface area contributed by atoms with Crippen LogP contribution in [0.2, 0.25) is 10.0 Å². The van der Waals surface area contributed by atoms with Crippen molar-refractivity contribution >= 4 is 60.9 Å². The number of carbonyl (C=O) groups excluding carboxylic acids is 1. The van der Waals surface area contributed by atoms with E-state index < -0.39 is 66.5 Å². The lowest BCUT2D eigenvalue weighted by atomic mass is 9.94. The lowest BCUT2D eigenvalue weighted by Crippen LogP contribution is -2.51. The van der Waals surface area contributed by atoms with Gasteiger partial charge in [-0.3, -0.25) is 14.2 Å². The Hall–Kier alpha value is -4.49. The second kappa shape index (κ2) is 15.7. The normalized spacial score (nSPS) is 17.8. The van der Waals surface area contributed by atoms with E-state index in [1.54, 1.807) is 55.5 Å². The summed E-state index contributed by atoms with van der Waals surface area (Å²) in [6.45, 7) is 1.84. The average Bonchev–Trinajstić information content (AvgIpc) is 3.49. The highest BCUT2D eigenvalue weighted by molar-refractivity contribution is 7.92. The van der Waals surface area contributed by atoms with E-state index in [0.717, 1.165) is 16.4 Å². The summed E-state index contributed by atoms with van der Waals surface area (Å²) in [5.74, 6) is -4.49. The van der Waals surface area contributed by atoms with Crippen LogP contribution in [0.15, 0.2) is 94.6 Å². The molecule has 3 heterocycles. The Kier molecular flexibility index (Phi) is 11.8. The molecule has 1 amide bonds. The zero-order valence-corrected chi connectivity index (χ0v) is 31.1. The van der Waals surface area contributed by atoms with Gasteiger partial charge in [-0.1, -0.05) is 59.6 Å². The number of anilines is 1.